The van der Waals surface area contributed by atoms with E-state index >= 15 is 0 Å². The quantitative estimate of drug-likeness (QED) is 0.517. The van der Waals surface area contributed by atoms with Crippen molar-refractivity contribution in [1.29, 1.82) is 5.26 Å². The van der Waals surface area contributed by atoms with E-state index in [2.05, 4.69) is 4.98 Å². The summed E-state index contributed by atoms with van der Waals surface area (Å²) in [7, 11) is 0. The molecular formula is C9H6N4O2. The Labute approximate surface area is 84.5 Å². The predicted molar refractivity (Wildman–Crippen MR) is 51.3 cm³/mol. The van der Waals surface area contributed by atoms with Crippen molar-refractivity contribution in [3.63, 3.8) is 0 Å². The molecule has 0 bridgehead atoms. The molecule has 6 heteroatoms. The van der Waals surface area contributed by atoms with Gasteiger partial charge >= 0.3 is 0 Å². The van der Waals surface area contributed by atoms with Gasteiger partial charge < -0.3 is 0 Å². The third-order valence-electron chi connectivity index (χ3n) is 2.10. The molecule has 0 aliphatic heterocycles. The van der Waals surface area contributed by atoms with Crippen LogP contribution in [0.5, 0.6) is 0 Å². The zero-order valence-corrected chi connectivity index (χ0v) is 7.84. The first-order valence-electron chi connectivity index (χ1n) is 4.15. The molecule has 6 nitrogen and oxygen atoms in total. The van der Waals surface area contributed by atoms with Crippen LogP contribution in [0.4, 0.5) is 5.69 Å². The molecule has 0 aliphatic rings. The third kappa shape index (κ3) is 1.30. The standard InChI is InChI=1S/C9H6N4O2/c1-6-2-7(13(14)15)5-12-8(3-10)4-11-9(6)12/h2,4-5H,1H3. The first kappa shape index (κ1) is 9.15. The van der Waals surface area contributed by atoms with Crippen molar-refractivity contribution in [3.8, 4) is 6.07 Å². The van der Waals surface area contributed by atoms with Crippen LogP contribution in [0.2, 0.25) is 0 Å². The lowest BCUT2D eigenvalue weighted by molar-refractivity contribution is -0.385. The van der Waals surface area contributed by atoms with Crippen LogP contribution in [0, 0.1) is 28.4 Å². The first-order chi connectivity index (χ1) is 7.13. The highest BCUT2D eigenvalue weighted by atomic mass is 16.6. The van der Waals surface area contributed by atoms with Crippen LogP contribution in [0.1, 0.15) is 11.3 Å². The minimum Gasteiger partial charge on any atom is -0.284 e. The number of nitro groups is 1. The van der Waals surface area contributed by atoms with Crippen molar-refractivity contribution in [2.24, 2.45) is 0 Å². The van der Waals surface area contributed by atoms with Gasteiger partial charge in [-0.1, -0.05) is 0 Å². The number of aromatic nitrogens is 2. The molecule has 2 aromatic rings. The van der Waals surface area contributed by atoms with E-state index in [1.165, 1.54) is 22.9 Å². The molecule has 0 atom stereocenters. The van der Waals surface area contributed by atoms with Crippen molar-refractivity contribution < 1.29 is 4.92 Å². The van der Waals surface area contributed by atoms with E-state index in [1.807, 2.05) is 6.07 Å². The minimum absolute atomic E-state index is 0.0468. The Bertz CT molecular complexity index is 594. The second kappa shape index (κ2) is 3.06. The molecule has 0 unspecified atom stereocenters. The molecular weight excluding hydrogens is 196 g/mol. The largest absolute Gasteiger partial charge is 0.286 e. The van der Waals surface area contributed by atoms with Crippen molar-refractivity contribution >= 4 is 11.3 Å². The smallest absolute Gasteiger partial charge is 0.284 e. The molecule has 0 spiro atoms. The molecule has 0 N–H and O–H groups in total. The molecule has 0 saturated carbocycles. The summed E-state index contributed by atoms with van der Waals surface area (Å²) >= 11 is 0. The second-order valence-electron chi connectivity index (χ2n) is 3.09. The number of hydrogen-bond donors (Lipinski definition) is 0. The summed E-state index contributed by atoms with van der Waals surface area (Å²) < 4.78 is 1.42. The molecule has 0 fully saturated rings. The zero-order chi connectivity index (χ0) is 11.0. The van der Waals surface area contributed by atoms with Gasteiger partial charge in [0.1, 0.15) is 17.4 Å². The van der Waals surface area contributed by atoms with Gasteiger partial charge in [-0.3, -0.25) is 14.5 Å². The molecule has 0 radical (unpaired) electrons. The topological polar surface area (TPSA) is 84.2 Å². The summed E-state index contributed by atoms with van der Waals surface area (Å²) in [4.78, 5) is 14.1. The van der Waals surface area contributed by atoms with E-state index in [0.717, 1.165) is 0 Å². The maximum Gasteiger partial charge on any atom is 0.286 e. The zero-order valence-electron chi connectivity index (χ0n) is 7.84. The number of hydrogen-bond acceptors (Lipinski definition) is 4. The van der Waals surface area contributed by atoms with Crippen LogP contribution < -0.4 is 0 Å². The fourth-order valence-electron chi connectivity index (χ4n) is 1.42. The summed E-state index contributed by atoms with van der Waals surface area (Å²) in [6.07, 6.45) is 2.69. The SMILES string of the molecule is Cc1cc([N+](=O)[O-])cn2c(C#N)cnc12. The Morgan fingerprint density at radius 3 is 3.00 bits per heavy atom. The van der Waals surface area contributed by atoms with Crippen molar-refractivity contribution in [3.05, 3.63) is 39.8 Å². The van der Waals surface area contributed by atoms with Gasteiger partial charge in [0.15, 0.2) is 0 Å². The Balaban J connectivity index is 2.84. The Morgan fingerprint density at radius 2 is 2.40 bits per heavy atom. The van der Waals surface area contributed by atoms with Gasteiger partial charge in [-0.05, 0) is 12.5 Å². The van der Waals surface area contributed by atoms with Crippen LogP contribution in [-0.2, 0) is 0 Å². The number of aryl methyl sites for hydroxylation is 1. The summed E-state index contributed by atoms with van der Waals surface area (Å²) in [5.74, 6) is 0. The lowest BCUT2D eigenvalue weighted by atomic mass is 10.3. The molecule has 2 heterocycles. The highest BCUT2D eigenvalue weighted by molar-refractivity contribution is 5.54. The normalized spacial score (nSPS) is 10.1. The van der Waals surface area contributed by atoms with Gasteiger partial charge in [0, 0.05) is 6.07 Å². The van der Waals surface area contributed by atoms with Crippen LogP contribution in [0.3, 0.4) is 0 Å². The number of imidazole rings is 1. The van der Waals surface area contributed by atoms with Gasteiger partial charge in [-0.25, -0.2) is 4.98 Å². The highest BCUT2D eigenvalue weighted by Gasteiger charge is 2.12. The molecule has 2 rings (SSSR count). The highest BCUT2D eigenvalue weighted by Crippen LogP contribution is 2.18. The lowest BCUT2D eigenvalue weighted by Gasteiger charge is -1.98. The summed E-state index contributed by atoms with van der Waals surface area (Å²) in [5.41, 5.74) is 1.48. The molecule has 2 aromatic heterocycles. The van der Waals surface area contributed by atoms with Crippen LogP contribution in [0.25, 0.3) is 5.65 Å². The van der Waals surface area contributed by atoms with Crippen LogP contribution >= 0.6 is 0 Å². The summed E-state index contributed by atoms with van der Waals surface area (Å²) in [6.45, 7) is 1.72. The number of rotatable bonds is 1. The molecule has 0 aromatic carbocycles. The van der Waals surface area contributed by atoms with Crippen molar-refractivity contribution in [2.75, 3.05) is 0 Å². The maximum atomic E-state index is 10.6. The van der Waals surface area contributed by atoms with Gasteiger partial charge in [-0.2, -0.15) is 5.26 Å². The predicted octanol–water partition coefficient (Wildman–Crippen LogP) is 1.42. The van der Waals surface area contributed by atoms with Gasteiger partial charge in [0.05, 0.1) is 17.3 Å². The molecule has 0 amide bonds. The third-order valence-corrected chi connectivity index (χ3v) is 2.10. The average Bonchev–Trinajstić information content (AvgIpc) is 2.60. The average molecular weight is 202 g/mol. The fraction of sp³-hybridized carbons (Fsp3) is 0.111. The van der Waals surface area contributed by atoms with E-state index in [-0.39, 0.29) is 11.4 Å². The monoisotopic (exact) mass is 202 g/mol. The number of pyridine rings is 1. The van der Waals surface area contributed by atoms with E-state index in [0.29, 0.717) is 11.2 Å². The van der Waals surface area contributed by atoms with Gasteiger partial charge in [0.2, 0.25) is 0 Å². The molecule has 74 valence electrons. The second-order valence-corrected chi connectivity index (χ2v) is 3.09. The number of fused-ring (bicyclic) bond motifs is 1. The van der Waals surface area contributed by atoms with Crippen molar-refractivity contribution in [1.82, 2.24) is 9.38 Å². The number of nitriles is 1. The Morgan fingerprint density at radius 1 is 1.67 bits per heavy atom. The minimum atomic E-state index is -0.492. The van der Waals surface area contributed by atoms with Gasteiger partial charge in [-0.15, -0.1) is 0 Å². The van der Waals surface area contributed by atoms with Crippen molar-refractivity contribution in [2.45, 2.75) is 6.92 Å². The Kier molecular flexibility index (Phi) is 1.87. The maximum absolute atomic E-state index is 10.6. The van der Waals surface area contributed by atoms with Gasteiger partial charge in [0.25, 0.3) is 5.69 Å². The fourth-order valence-corrected chi connectivity index (χ4v) is 1.42. The molecule has 0 saturated heterocycles. The van der Waals surface area contributed by atoms with E-state index in [1.54, 1.807) is 6.92 Å². The van der Waals surface area contributed by atoms with Crippen LogP contribution in [-0.4, -0.2) is 14.3 Å². The van der Waals surface area contributed by atoms with E-state index < -0.39 is 4.92 Å². The molecule has 15 heavy (non-hydrogen) atoms. The first-order valence-corrected chi connectivity index (χ1v) is 4.15. The molecule has 0 aliphatic carbocycles. The van der Waals surface area contributed by atoms with E-state index in [9.17, 15) is 10.1 Å². The Hall–Kier alpha value is -2.42. The lowest BCUT2D eigenvalue weighted by Crippen LogP contribution is -1.96. The van der Waals surface area contributed by atoms with Crippen LogP contribution in [0.15, 0.2) is 18.5 Å². The van der Waals surface area contributed by atoms with E-state index in [4.69, 9.17) is 5.26 Å². The summed E-state index contributed by atoms with van der Waals surface area (Å²) in [6, 6.07) is 3.36. The number of nitrogens with zero attached hydrogens (tertiary/aromatic N) is 4. The summed E-state index contributed by atoms with van der Waals surface area (Å²) in [5, 5.41) is 19.4.